The van der Waals surface area contributed by atoms with Gasteiger partial charge in [0, 0.05) is 34.6 Å². The number of nitrogens with zero attached hydrogens (tertiary/aromatic N) is 3. The summed E-state index contributed by atoms with van der Waals surface area (Å²) in [6, 6.07) is 24.4. The molecule has 5 aromatic rings. The Morgan fingerprint density at radius 3 is 2.56 bits per heavy atom. The van der Waals surface area contributed by atoms with Gasteiger partial charge in [0.25, 0.3) is 5.91 Å². The minimum atomic E-state index is -1.73. The Labute approximate surface area is 263 Å². The van der Waals surface area contributed by atoms with Crippen molar-refractivity contribution in [3.05, 3.63) is 131 Å². The molecule has 0 radical (unpaired) electrons. The van der Waals surface area contributed by atoms with E-state index in [2.05, 4.69) is 15.4 Å². The zero-order chi connectivity index (χ0) is 31.4. The summed E-state index contributed by atoms with van der Waals surface area (Å²) >= 11 is 1.39. The molecule has 2 atom stereocenters. The first-order valence-electron chi connectivity index (χ1n) is 14.5. The lowest BCUT2D eigenvalue weighted by Gasteiger charge is -2.37. The number of halogens is 2. The largest absolute Gasteiger partial charge is 0.382 e. The second-order valence-corrected chi connectivity index (χ2v) is 12.6. The van der Waals surface area contributed by atoms with Crippen LogP contribution in [0.2, 0.25) is 0 Å². The van der Waals surface area contributed by atoms with E-state index in [0.29, 0.717) is 25.3 Å². The highest BCUT2D eigenvalue weighted by atomic mass is 32.2. The molecule has 2 N–H and O–H groups in total. The Bertz CT molecular complexity index is 1760. The Morgan fingerprint density at radius 1 is 1.07 bits per heavy atom. The molecule has 0 spiro atoms. The fourth-order valence-corrected chi connectivity index (χ4v) is 6.83. The third kappa shape index (κ3) is 6.91. The van der Waals surface area contributed by atoms with Crippen LogP contribution in [0.4, 0.5) is 8.78 Å². The molecule has 1 amide bonds. The highest BCUT2D eigenvalue weighted by Crippen LogP contribution is 2.39. The molecule has 0 bridgehead atoms. The van der Waals surface area contributed by atoms with Crippen molar-refractivity contribution in [1.29, 1.82) is 0 Å². The quantitative estimate of drug-likeness (QED) is 0.202. The van der Waals surface area contributed by atoms with Gasteiger partial charge < -0.3 is 19.9 Å². The monoisotopic (exact) mass is 630 g/mol. The van der Waals surface area contributed by atoms with Crippen molar-refractivity contribution in [1.82, 2.24) is 20.1 Å². The number of amides is 1. The number of hydrogen-bond donors (Lipinski definition) is 2. The lowest BCUT2D eigenvalue weighted by molar-refractivity contribution is -0.180. The second-order valence-electron chi connectivity index (χ2n) is 11.0. The van der Waals surface area contributed by atoms with Crippen LogP contribution >= 0.6 is 11.8 Å². The SMILES string of the molecule is C[C@@H](SC1COC(c2ccc(C(=O)NCc3cccc4ccccc34)cc2)OC1)[C@](O)(Cn1cncn1)c1ccc(F)cc1F. The molecule has 11 heteroatoms. The van der Waals surface area contributed by atoms with E-state index in [-0.39, 0.29) is 23.3 Å². The molecule has 1 aromatic heterocycles. The predicted molar refractivity (Wildman–Crippen MR) is 167 cm³/mol. The summed E-state index contributed by atoms with van der Waals surface area (Å²) in [6.45, 7) is 2.75. The van der Waals surface area contributed by atoms with Crippen molar-refractivity contribution in [2.45, 2.75) is 42.4 Å². The van der Waals surface area contributed by atoms with Crippen LogP contribution in [0.5, 0.6) is 0 Å². The average Bonchev–Trinajstić information content (AvgIpc) is 3.56. The van der Waals surface area contributed by atoms with Gasteiger partial charge in [0.2, 0.25) is 0 Å². The molecule has 1 saturated heterocycles. The standard InChI is InChI=1S/C34H32F2N4O4S/c1-22(34(42,19-40-21-37-20-39-40)30-14-13-27(35)15-31(30)36)45-28-17-43-33(44-18-28)25-11-9-24(10-12-25)32(41)38-16-26-7-4-6-23-5-2-3-8-29(23)26/h2-15,20-22,28,33,42H,16-19H2,1H3,(H,38,41)/t22-,28?,33?,34-/m1/s1. The van der Waals surface area contributed by atoms with Crippen LogP contribution in [0.15, 0.2) is 97.6 Å². The molecule has 0 saturated carbocycles. The summed E-state index contributed by atoms with van der Waals surface area (Å²) in [4.78, 5) is 16.8. The minimum absolute atomic E-state index is 0.0313. The van der Waals surface area contributed by atoms with E-state index in [1.807, 2.05) is 54.6 Å². The van der Waals surface area contributed by atoms with Crippen molar-refractivity contribution in [2.75, 3.05) is 13.2 Å². The van der Waals surface area contributed by atoms with E-state index in [0.717, 1.165) is 34.0 Å². The van der Waals surface area contributed by atoms with Crippen molar-refractivity contribution < 1.29 is 28.2 Å². The number of aliphatic hydroxyl groups is 1. The predicted octanol–water partition coefficient (Wildman–Crippen LogP) is 5.76. The van der Waals surface area contributed by atoms with Crippen LogP contribution in [-0.2, 0) is 28.2 Å². The van der Waals surface area contributed by atoms with E-state index in [1.165, 1.54) is 35.2 Å². The average molecular weight is 631 g/mol. The van der Waals surface area contributed by atoms with Crippen LogP contribution < -0.4 is 5.32 Å². The van der Waals surface area contributed by atoms with Gasteiger partial charge in [0.15, 0.2) is 6.29 Å². The summed E-state index contributed by atoms with van der Waals surface area (Å²) in [5.41, 5.74) is 0.585. The third-order valence-corrected chi connectivity index (χ3v) is 9.42. The van der Waals surface area contributed by atoms with Gasteiger partial charge >= 0.3 is 0 Å². The number of aromatic nitrogens is 3. The Balaban J connectivity index is 1.05. The summed E-state index contributed by atoms with van der Waals surface area (Å²) in [6.07, 6.45) is 2.14. The number of rotatable bonds is 10. The molecule has 1 aliphatic heterocycles. The molecule has 8 nitrogen and oxygen atoms in total. The molecule has 0 unspecified atom stereocenters. The van der Waals surface area contributed by atoms with Gasteiger partial charge in [-0.3, -0.25) is 4.79 Å². The number of thioether (sulfide) groups is 1. The van der Waals surface area contributed by atoms with Gasteiger partial charge in [-0.05, 0) is 34.5 Å². The molecule has 6 rings (SSSR count). The minimum Gasteiger partial charge on any atom is -0.382 e. The smallest absolute Gasteiger partial charge is 0.251 e. The number of carbonyl (C=O) groups excluding carboxylic acids is 1. The van der Waals surface area contributed by atoms with Gasteiger partial charge in [0.05, 0.1) is 25.0 Å². The van der Waals surface area contributed by atoms with Crippen LogP contribution in [0, 0.1) is 11.6 Å². The Hall–Kier alpha value is -4.16. The Kier molecular flexibility index (Phi) is 9.22. The lowest BCUT2D eigenvalue weighted by Crippen LogP contribution is -2.43. The van der Waals surface area contributed by atoms with Crippen LogP contribution in [-0.4, -0.2) is 49.5 Å². The zero-order valence-corrected chi connectivity index (χ0v) is 25.3. The van der Waals surface area contributed by atoms with E-state index in [9.17, 15) is 18.7 Å². The maximum Gasteiger partial charge on any atom is 0.251 e. The third-order valence-electron chi connectivity index (χ3n) is 7.97. The van der Waals surface area contributed by atoms with Crippen LogP contribution in [0.1, 0.15) is 40.3 Å². The molecule has 2 heterocycles. The summed E-state index contributed by atoms with van der Waals surface area (Å²) < 4.78 is 42.0. The molecule has 1 aliphatic rings. The number of fused-ring (bicyclic) bond motifs is 1. The number of benzene rings is 4. The Morgan fingerprint density at radius 2 is 1.82 bits per heavy atom. The molecule has 232 valence electrons. The summed E-state index contributed by atoms with van der Waals surface area (Å²) in [5, 5.41) is 20.4. The van der Waals surface area contributed by atoms with E-state index < -0.39 is 28.8 Å². The van der Waals surface area contributed by atoms with Gasteiger partial charge in [-0.25, -0.2) is 18.4 Å². The van der Waals surface area contributed by atoms with Crippen molar-refractivity contribution >= 4 is 28.4 Å². The molecule has 1 fully saturated rings. The van der Waals surface area contributed by atoms with Gasteiger partial charge in [-0.15, -0.1) is 11.8 Å². The maximum absolute atomic E-state index is 14.9. The van der Waals surface area contributed by atoms with Crippen molar-refractivity contribution in [2.24, 2.45) is 0 Å². The number of nitrogens with one attached hydrogen (secondary N) is 1. The number of ether oxygens (including phenoxy) is 2. The first kappa shape index (κ1) is 30.8. The number of carbonyl (C=O) groups is 1. The van der Waals surface area contributed by atoms with E-state index in [4.69, 9.17) is 9.47 Å². The van der Waals surface area contributed by atoms with E-state index >= 15 is 0 Å². The molecular formula is C34H32F2N4O4S. The fraction of sp³-hybridized carbons (Fsp3) is 0.265. The normalized spacial score (nSPS) is 18.8. The first-order chi connectivity index (χ1) is 21.8. The molecule has 45 heavy (non-hydrogen) atoms. The topological polar surface area (TPSA) is 98.5 Å². The fourth-order valence-electron chi connectivity index (χ4n) is 5.51. The number of hydrogen-bond acceptors (Lipinski definition) is 7. The van der Waals surface area contributed by atoms with Crippen LogP contribution in [0.25, 0.3) is 10.8 Å². The summed E-state index contributed by atoms with van der Waals surface area (Å²) in [5.74, 6) is -1.75. The molecular weight excluding hydrogens is 598 g/mol. The molecule has 0 aliphatic carbocycles. The first-order valence-corrected chi connectivity index (χ1v) is 15.5. The lowest BCUT2D eigenvalue weighted by atomic mass is 9.90. The summed E-state index contributed by atoms with van der Waals surface area (Å²) in [7, 11) is 0. The highest BCUT2D eigenvalue weighted by Gasteiger charge is 2.41. The second kappa shape index (κ2) is 13.5. The van der Waals surface area contributed by atoms with Crippen LogP contribution in [0.3, 0.4) is 0 Å². The van der Waals surface area contributed by atoms with Crippen molar-refractivity contribution in [3.63, 3.8) is 0 Å². The maximum atomic E-state index is 14.9. The molecule has 4 aromatic carbocycles. The van der Waals surface area contributed by atoms with Gasteiger partial charge in [0.1, 0.15) is 29.9 Å². The van der Waals surface area contributed by atoms with Gasteiger partial charge in [-0.1, -0.05) is 67.6 Å². The highest BCUT2D eigenvalue weighted by molar-refractivity contribution is 8.00. The van der Waals surface area contributed by atoms with E-state index in [1.54, 1.807) is 19.1 Å². The van der Waals surface area contributed by atoms with Crippen molar-refractivity contribution in [3.8, 4) is 0 Å². The zero-order valence-electron chi connectivity index (χ0n) is 24.5. The van der Waals surface area contributed by atoms with Gasteiger partial charge in [-0.2, -0.15) is 5.10 Å².